The molecule has 0 saturated carbocycles. The molecule has 2 rings (SSSR count). The van der Waals surface area contributed by atoms with Crippen molar-refractivity contribution < 1.29 is 9.18 Å². The fraction of sp³-hybridized carbons (Fsp3) is 0.462. The van der Waals surface area contributed by atoms with Crippen LogP contribution in [0.2, 0.25) is 0 Å². The molecule has 0 saturated heterocycles. The largest absolute Gasteiger partial charge is 0.309 e. The van der Waals surface area contributed by atoms with Gasteiger partial charge in [-0.05, 0) is 31.9 Å². The van der Waals surface area contributed by atoms with E-state index in [-0.39, 0.29) is 12.5 Å². The first-order chi connectivity index (χ1) is 10.0. The molecule has 0 aromatic carbocycles. The fourth-order valence-corrected chi connectivity index (χ4v) is 1.82. The lowest BCUT2D eigenvalue weighted by atomic mass is 10.1. The quantitative estimate of drug-likeness (QED) is 0.867. The topological polar surface area (TPSA) is 85.6 Å². The molecule has 1 atom stereocenters. The molecule has 7 nitrogen and oxygen atoms in total. The Kier molecular flexibility index (Phi) is 4.91. The Morgan fingerprint density at radius 2 is 2.19 bits per heavy atom. The van der Waals surface area contributed by atoms with Gasteiger partial charge < -0.3 is 5.32 Å². The van der Waals surface area contributed by atoms with Gasteiger partial charge in [-0.1, -0.05) is 5.21 Å². The van der Waals surface area contributed by atoms with Crippen LogP contribution in [-0.2, 0) is 17.8 Å². The highest BCUT2D eigenvalue weighted by Gasteiger charge is 2.10. The number of hydrogen-bond acceptors (Lipinski definition) is 5. The minimum absolute atomic E-state index is 0.179. The van der Waals surface area contributed by atoms with Gasteiger partial charge in [0, 0.05) is 13.1 Å². The summed E-state index contributed by atoms with van der Waals surface area (Å²) in [5.41, 5.74) is 1.45. The lowest BCUT2D eigenvalue weighted by Gasteiger charge is -2.07. The normalized spacial score (nSPS) is 12.1. The number of carbonyl (C=O) groups is 1. The summed E-state index contributed by atoms with van der Waals surface area (Å²) in [6.07, 6.45) is 1.48. The third-order valence-corrected chi connectivity index (χ3v) is 2.78. The molecule has 2 heterocycles. The molecule has 0 aliphatic heterocycles. The van der Waals surface area contributed by atoms with Crippen LogP contribution in [0.15, 0.2) is 18.3 Å². The fourth-order valence-electron chi connectivity index (χ4n) is 1.82. The highest BCUT2D eigenvalue weighted by molar-refractivity contribution is 5.87. The molecule has 1 N–H and O–H groups in total. The second-order valence-corrected chi connectivity index (χ2v) is 4.81. The molecule has 2 aromatic rings. The number of aromatic nitrogens is 5. The predicted molar refractivity (Wildman–Crippen MR) is 74.3 cm³/mol. The van der Waals surface area contributed by atoms with Gasteiger partial charge in [0.05, 0.1) is 17.9 Å². The number of rotatable bonds is 6. The van der Waals surface area contributed by atoms with Crippen LogP contribution in [-0.4, -0.2) is 37.3 Å². The molecule has 8 heteroatoms. The van der Waals surface area contributed by atoms with Gasteiger partial charge >= 0.3 is 0 Å². The van der Waals surface area contributed by atoms with Crippen molar-refractivity contribution in [3.05, 3.63) is 29.7 Å². The average Bonchev–Trinajstić information content (AvgIpc) is 2.83. The predicted octanol–water partition coefficient (Wildman–Crippen LogP) is 1.31. The maximum Gasteiger partial charge on any atom is 0.222 e. The minimum Gasteiger partial charge on any atom is -0.309 e. The number of nitrogens with one attached hydrogen (secondary N) is 1. The zero-order valence-electron chi connectivity index (χ0n) is 12.0. The molecule has 0 fully saturated rings. The molecule has 0 spiro atoms. The van der Waals surface area contributed by atoms with Gasteiger partial charge in [-0.25, -0.2) is 9.07 Å². The van der Waals surface area contributed by atoms with Crippen molar-refractivity contribution in [2.75, 3.05) is 5.32 Å². The number of carbonyl (C=O) groups excluding carboxylic acids is 1. The summed E-state index contributed by atoms with van der Waals surface area (Å²) in [7, 11) is 0. The lowest BCUT2D eigenvalue weighted by Crippen LogP contribution is -2.14. The monoisotopic (exact) mass is 292 g/mol. The summed E-state index contributed by atoms with van der Waals surface area (Å²) in [4.78, 5) is 10.8. The molecule has 0 bridgehead atoms. The summed E-state index contributed by atoms with van der Waals surface area (Å²) in [6.45, 7) is 3.39. The third kappa shape index (κ3) is 4.90. The summed E-state index contributed by atoms with van der Waals surface area (Å²) in [5, 5.41) is 17.9. The zero-order valence-corrected chi connectivity index (χ0v) is 12.0. The minimum atomic E-state index is -1.03. The van der Waals surface area contributed by atoms with E-state index in [1.807, 2.05) is 6.92 Å². The van der Waals surface area contributed by atoms with Gasteiger partial charge in [-0.2, -0.15) is 5.10 Å². The third-order valence-electron chi connectivity index (χ3n) is 2.78. The SMILES string of the molecule is CC(=O)Nc1ccc(CCC(F)Cn2cc(C)nn2)nn1. The molecule has 1 unspecified atom stereocenters. The second kappa shape index (κ2) is 6.87. The van der Waals surface area contributed by atoms with E-state index in [0.29, 0.717) is 24.4 Å². The van der Waals surface area contributed by atoms with Crippen LogP contribution in [0, 0.1) is 6.92 Å². The van der Waals surface area contributed by atoms with E-state index < -0.39 is 6.17 Å². The number of hydrogen-bond donors (Lipinski definition) is 1. The van der Waals surface area contributed by atoms with Crippen molar-refractivity contribution in [2.24, 2.45) is 0 Å². The summed E-state index contributed by atoms with van der Waals surface area (Å²) in [6, 6.07) is 3.38. The molecular formula is C13H17FN6O. The van der Waals surface area contributed by atoms with Crippen molar-refractivity contribution in [2.45, 2.75) is 39.4 Å². The Hall–Kier alpha value is -2.38. The smallest absolute Gasteiger partial charge is 0.222 e. The second-order valence-electron chi connectivity index (χ2n) is 4.81. The maximum atomic E-state index is 13.8. The Balaban J connectivity index is 1.80. The Morgan fingerprint density at radius 1 is 1.38 bits per heavy atom. The van der Waals surface area contributed by atoms with E-state index in [2.05, 4.69) is 25.8 Å². The van der Waals surface area contributed by atoms with Crippen molar-refractivity contribution in [3.8, 4) is 0 Å². The molecular weight excluding hydrogens is 275 g/mol. The van der Waals surface area contributed by atoms with Crippen molar-refractivity contribution in [1.29, 1.82) is 0 Å². The van der Waals surface area contributed by atoms with Crippen LogP contribution in [0.4, 0.5) is 10.2 Å². The Morgan fingerprint density at radius 3 is 2.76 bits per heavy atom. The van der Waals surface area contributed by atoms with Crippen LogP contribution in [0.5, 0.6) is 0 Å². The van der Waals surface area contributed by atoms with Gasteiger partial charge in [-0.3, -0.25) is 4.79 Å². The van der Waals surface area contributed by atoms with Gasteiger partial charge in [0.25, 0.3) is 0 Å². The van der Waals surface area contributed by atoms with E-state index in [9.17, 15) is 9.18 Å². The van der Waals surface area contributed by atoms with Gasteiger partial charge in [0.2, 0.25) is 5.91 Å². The van der Waals surface area contributed by atoms with Crippen LogP contribution in [0.25, 0.3) is 0 Å². The standard InChI is InChI=1S/C13H17FN6O/c1-9-7-20(19-16-9)8-11(14)3-4-12-5-6-13(18-17-12)15-10(2)21/h5-7,11H,3-4,8H2,1-2H3,(H,15,18,21). The highest BCUT2D eigenvalue weighted by Crippen LogP contribution is 2.09. The van der Waals surface area contributed by atoms with Crippen molar-refractivity contribution in [1.82, 2.24) is 25.2 Å². The van der Waals surface area contributed by atoms with E-state index in [4.69, 9.17) is 0 Å². The molecule has 112 valence electrons. The summed E-state index contributed by atoms with van der Waals surface area (Å²) in [5.74, 6) is 0.185. The zero-order chi connectivity index (χ0) is 15.2. The van der Waals surface area contributed by atoms with Crippen LogP contribution >= 0.6 is 0 Å². The number of anilines is 1. The van der Waals surface area contributed by atoms with Crippen LogP contribution in [0.1, 0.15) is 24.7 Å². The molecule has 0 aliphatic carbocycles. The first kappa shape index (κ1) is 15.0. The van der Waals surface area contributed by atoms with Gasteiger partial charge in [0.1, 0.15) is 6.17 Å². The van der Waals surface area contributed by atoms with Crippen molar-refractivity contribution >= 4 is 11.7 Å². The molecule has 0 radical (unpaired) electrons. The highest BCUT2D eigenvalue weighted by atomic mass is 19.1. The average molecular weight is 292 g/mol. The first-order valence-electron chi connectivity index (χ1n) is 6.64. The van der Waals surface area contributed by atoms with Gasteiger partial charge in [0.15, 0.2) is 5.82 Å². The van der Waals surface area contributed by atoms with E-state index in [1.165, 1.54) is 11.6 Å². The number of nitrogens with zero attached hydrogens (tertiary/aromatic N) is 5. The molecule has 2 aromatic heterocycles. The van der Waals surface area contributed by atoms with E-state index >= 15 is 0 Å². The van der Waals surface area contributed by atoms with Crippen molar-refractivity contribution in [3.63, 3.8) is 0 Å². The Bertz CT molecular complexity index is 597. The van der Waals surface area contributed by atoms with E-state index in [1.54, 1.807) is 18.3 Å². The van der Waals surface area contributed by atoms with E-state index in [0.717, 1.165) is 5.69 Å². The molecule has 1 amide bonds. The number of amides is 1. The number of aryl methyl sites for hydroxylation is 2. The number of halogens is 1. The molecule has 0 aliphatic rings. The summed E-state index contributed by atoms with van der Waals surface area (Å²) < 4.78 is 15.3. The Labute approximate surface area is 121 Å². The maximum absolute atomic E-state index is 13.8. The molecule has 21 heavy (non-hydrogen) atoms. The number of alkyl halides is 1. The van der Waals surface area contributed by atoms with Crippen LogP contribution in [0.3, 0.4) is 0 Å². The first-order valence-corrected chi connectivity index (χ1v) is 6.64. The van der Waals surface area contributed by atoms with Gasteiger partial charge in [-0.15, -0.1) is 10.2 Å². The lowest BCUT2D eigenvalue weighted by molar-refractivity contribution is -0.114. The summed E-state index contributed by atoms with van der Waals surface area (Å²) >= 11 is 0. The van der Waals surface area contributed by atoms with Crippen LogP contribution < -0.4 is 5.32 Å².